The van der Waals surface area contributed by atoms with Crippen LogP contribution in [-0.2, 0) is 28.7 Å². The molecule has 2 N–H and O–H groups in total. The van der Waals surface area contributed by atoms with Gasteiger partial charge in [0.25, 0.3) is 5.91 Å². The molecule has 36 heavy (non-hydrogen) atoms. The summed E-state index contributed by atoms with van der Waals surface area (Å²) in [5.74, 6) is -3.25. The summed E-state index contributed by atoms with van der Waals surface area (Å²) in [5, 5.41) is 12.1. The maximum Gasteiger partial charge on any atom is 0.416 e. The molecule has 1 heterocycles. The number of aliphatic carboxylic acids is 1. The van der Waals surface area contributed by atoms with Gasteiger partial charge in [-0.25, -0.2) is 9.18 Å². The number of nitrogens with one attached hydrogen (secondary N) is 1. The monoisotopic (exact) mass is 523 g/mol. The summed E-state index contributed by atoms with van der Waals surface area (Å²) < 4.78 is 58.2. The zero-order valence-electron chi connectivity index (χ0n) is 19.8. The van der Waals surface area contributed by atoms with E-state index in [9.17, 15) is 32.3 Å². The van der Waals surface area contributed by atoms with Crippen LogP contribution < -0.4 is 5.32 Å². The fraction of sp³-hybridized carbons (Fsp3) is 0.308. The molecule has 3 aromatic rings. The number of hydrogen-bond acceptors (Lipinski definition) is 4. The zero-order chi connectivity index (χ0) is 26.6. The number of carboxylic acids is 1. The zero-order valence-corrected chi connectivity index (χ0v) is 20.6. The second kappa shape index (κ2) is 11.2. The lowest BCUT2D eigenvalue weighted by Crippen LogP contribution is -2.29. The molecule has 0 fully saturated rings. The molecule has 0 saturated carbocycles. The van der Waals surface area contributed by atoms with Crippen molar-refractivity contribution in [2.75, 3.05) is 0 Å². The first-order valence-electron chi connectivity index (χ1n) is 11.1. The highest BCUT2D eigenvalue weighted by Gasteiger charge is 2.31. The Kier molecular flexibility index (Phi) is 8.52. The van der Waals surface area contributed by atoms with Gasteiger partial charge in [-0.1, -0.05) is 18.2 Å². The van der Waals surface area contributed by atoms with Gasteiger partial charge in [-0.3, -0.25) is 4.79 Å². The van der Waals surface area contributed by atoms with E-state index in [0.29, 0.717) is 17.2 Å². The number of hydrogen-bond donors (Lipinski definition) is 2. The summed E-state index contributed by atoms with van der Waals surface area (Å²) >= 11 is 1.53. The van der Waals surface area contributed by atoms with Gasteiger partial charge < -0.3 is 15.2 Å². The molecule has 192 valence electrons. The standard InChI is InChI=1S/C26H25F4NO4S/c1-14(2)35-22(25(33)34)11-16-5-7-19(23-9-4-15(3)36-23)17(10-16)13-31-24(32)20-8-6-18(12-21(20)27)26(28,29)30/h4-10,12,14,22H,11,13H2,1-3H3,(H,31,32)(H,33,34). The molecule has 0 bridgehead atoms. The molecule has 0 spiro atoms. The van der Waals surface area contributed by atoms with Gasteiger partial charge in [0.1, 0.15) is 5.82 Å². The second-order valence-electron chi connectivity index (χ2n) is 8.49. The van der Waals surface area contributed by atoms with E-state index in [4.69, 9.17) is 4.74 Å². The SMILES string of the molecule is Cc1ccc(-c2ccc(CC(OC(C)C)C(=O)O)cc2CNC(=O)c2ccc(C(F)(F)F)cc2F)s1. The molecule has 1 aromatic heterocycles. The largest absolute Gasteiger partial charge is 0.479 e. The number of carbonyl (C=O) groups excluding carboxylic acids is 1. The first-order chi connectivity index (χ1) is 16.8. The van der Waals surface area contributed by atoms with Crippen molar-refractivity contribution in [3.05, 3.63) is 81.5 Å². The van der Waals surface area contributed by atoms with Crippen LogP contribution in [0.5, 0.6) is 0 Å². The van der Waals surface area contributed by atoms with Crippen LogP contribution >= 0.6 is 11.3 Å². The minimum atomic E-state index is -4.73. The van der Waals surface area contributed by atoms with Gasteiger partial charge >= 0.3 is 12.1 Å². The smallest absolute Gasteiger partial charge is 0.416 e. The van der Waals surface area contributed by atoms with Gasteiger partial charge in [0.05, 0.1) is 17.2 Å². The van der Waals surface area contributed by atoms with Crippen molar-refractivity contribution in [3.8, 4) is 10.4 Å². The maximum absolute atomic E-state index is 14.3. The van der Waals surface area contributed by atoms with E-state index in [1.54, 1.807) is 26.0 Å². The van der Waals surface area contributed by atoms with E-state index in [1.165, 1.54) is 11.3 Å². The number of thiophene rings is 1. The molecule has 10 heteroatoms. The third kappa shape index (κ3) is 6.92. The summed E-state index contributed by atoms with van der Waals surface area (Å²) in [7, 11) is 0. The highest BCUT2D eigenvalue weighted by molar-refractivity contribution is 7.15. The third-order valence-corrected chi connectivity index (χ3v) is 6.32. The Hall–Kier alpha value is -3.24. The number of aryl methyl sites for hydroxylation is 1. The van der Waals surface area contributed by atoms with Gasteiger partial charge in [-0.2, -0.15) is 13.2 Å². The number of ether oxygens (including phenoxy) is 1. The minimum Gasteiger partial charge on any atom is -0.479 e. The molecule has 0 radical (unpaired) electrons. The lowest BCUT2D eigenvalue weighted by molar-refractivity contribution is -0.153. The van der Waals surface area contributed by atoms with Gasteiger partial charge in [-0.05, 0) is 67.8 Å². The molecule has 0 aliphatic rings. The average molecular weight is 524 g/mol. The molecular formula is C26H25F4NO4S. The van der Waals surface area contributed by atoms with Crippen LogP contribution in [0.2, 0.25) is 0 Å². The Labute approximate surface area is 209 Å². The van der Waals surface area contributed by atoms with Crippen molar-refractivity contribution < 1.29 is 37.0 Å². The summed E-state index contributed by atoms with van der Waals surface area (Å²) in [4.78, 5) is 26.2. The Morgan fingerprint density at radius 1 is 1.08 bits per heavy atom. The topological polar surface area (TPSA) is 75.6 Å². The first kappa shape index (κ1) is 27.3. The van der Waals surface area contributed by atoms with Crippen molar-refractivity contribution in [1.82, 2.24) is 5.32 Å². The number of carboxylic acid groups (broad SMARTS) is 1. The van der Waals surface area contributed by atoms with E-state index in [0.717, 1.165) is 21.4 Å². The van der Waals surface area contributed by atoms with Gasteiger partial charge in [0, 0.05) is 22.7 Å². The molecule has 1 amide bonds. The highest BCUT2D eigenvalue weighted by atomic mass is 32.1. The Balaban J connectivity index is 1.87. The third-order valence-electron chi connectivity index (χ3n) is 5.29. The van der Waals surface area contributed by atoms with Crippen LogP contribution in [0.25, 0.3) is 10.4 Å². The predicted molar refractivity (Wildman–Crippen MR) is 128 cm³/mol. The second-order valence-corrected chi connectivity index (χ2v) is 9.78. The van der Waals surface area contributed by atoms with E-state index in [1.807, 2.05) is 25.1 Å². The lowest BCUT2D eigenvalue weighted by atomic mass is 9.99. The normalized spacial score (nSPS) is 12.6. The van der Waals surface area contributed by atoms with E-state index < -0.39 is 41.1 Å². The Bertz CT molecular complexity index is 1250. The number of rotatable bonds is 9. The van der Waals surface area contributed by atoms with Crippen molar-refractivity contribution in [2.45, 2.75) is 52.1 Å². The molecule has 0 aliphatic heterocycles. The van der Waals surface area contributed by atoms with Gasteiger partial charge in [0.2, 0.25) is 0 Å². The molecule has 2 aromatic carbocycles. The van der Waals surface area contributed by atoms with E-state index >= 15 is 0 Å². The van der Waals surface area contributed by atoms with Crippen molar-refractivity contribution >= 4 is 23.2 Å². The van der Waals surface area contributed by atoms with Crippen LogP contribution in [0.15, 0.2) is 48.5 Å². The Morgan fingerprint density at radius 2 is 1.81 bits per heavy atom. The molecule has 1 unspecified atom stereocenters. The van der Waals surface area contributed by atoms with Crippen molar-refractivity contribution in [3.63, 3.8) is 0 Å². The van der Waals surface area contributed by atoms with Gasteiger partial charge in [0.15, 0.2) is 6.10 Å². The molecule has 3 rings (SSSR count). The van der Waals surface area contributed by atoms with Crippen LogP contribution in [-0.4, -0.2) is 29.2 Å². The van der Waals surface area contributed by atoms with Gasteiger partial charge in [-0.15, -0.1) is 11.3 Å². The maximum atomic E-state index is 14.3. The first-order valence-corrected chi connectivity index (χ1v) is 11.9. The van der Waals surface area contributed by atoms with E-state index in [2.05, 4.69) is 5.32 Å². The summed E-state index contributed by atoms with van der Waals surface area (Å²) in [6.07, 6.45) is -6.00. The average Bonchev–Trinajstić information content (AvgIpc) is 3.22. The molecule has 5 nitrogen and oxygen atoms in total. The molecule has 0 aliphatic carbocycles. The molecule has 0 saturated heterocycles. The number of benzene rings is 2. The Morgan fingerprint density at radius 3 is 2.36 bits per heavy atom. The minimum absolute atomic E-state index is 0.0534. The number of amides is 1. The van der Waals surface area contributed by atoms with Crippen LogP contribution in [0.1, 0.15) is 45.8 Å². The van der Waals surface area contributed by atoms with Crippen LogP contribution in [0.3, 0.4) is 0 Å². The van der Waals surface area contributed by atoms with Crippen molar-refractivity contribution in [1.29, 1.82) is 0 Å². The number of alkyl halides is 3. The highest BCUT2D eigenvalue weighted by Crippen LogP contribution is 2.32. The molecule has 1 atom stereocenters. The van der Waals surface area contributed by atoms with E-state index in [-0.39, 0.29) is 25.1 Å². The number of halogens is 4. The summed E-state index contributed by atoms with van der Waals surface area (Å²) in [5.41, 5.74) is 0.399. The number of carbonyl (C=O) groups is 2. The lowest BCUT2D eigenvalue weighted by Gasteiger charge is -2.18. The predicted octanol–water partition coefficient (Wildman–Crippen LogP) is 6.23. The van der Waals surface area contributed by atoms with Crippen LogP contribution in [0.4, 0.5) is 17.6 Å². The summed E-state index contributed by atoms with van der Waals surface area (Å²) in [6.45, 7) is 5.36. The quantitative estimate of drug-likeness (QED) is 0.326. The van der Waals surface area contributed by atoms with Crippen LogP contribution in [0, 0.1) is 12.7 Å². The fourth-order valence-electron chi connectivity index (χ4n) is 3.62. The molecular weight excluding hydrogens is 498 g/mol. The summed E-state index contributed by atoms with van der Waals surface area (Å²) in [6, 6.07) is 10.9. The van der Waals surface area contributed by atoms with Crippen molar-refractivity contribution in [2.24, 2.45) is 0 Å². The fourth-order valence-corrected chi connectivity index (χ4v) is 4.55.